The number of anilines is 1. The summed E-state index contributed by atoms with van der Waals surface area (Å²) in [5.74, 6) is -0.431. The van der Waals surface area contributed by atoms with E-state index < -0.39 is 18.0 Å². The number of fused-ring (bicyclic) bond motifs is 1. The second-order valence-corrected chi connectivity index (χ2v) is 9.52. The molecular formula is C23H24Cl2FN3O3. The van der Waals surface area contributed by atoms with Gasteiger partial charge in [0.05, 0.1) is 12.1 Å². The Morgan fingerprint density at radius 3 is 2.66 bits per heavy atom. The minimum absolute atomic E-state index is 0.0727. The lowest BCUT2D eigenvalue weighted by atomic mass is 10.1. The molecule has 2 aromatic carbocycles. The molecule has 32 heavy (non-hydrogen) atoms. The molecule has 0 unspecified atom stereocenters. The number of likely N-dealkylation sites (N-methyl/N-ethyl adjacent to an activating group) is 1. The zero-order valence-electron chi connectivity index (χ0n) is 17.6. The summed E-state index contributed by atoms with van der Waals surface area (Å²) < 4.78 is 21.1. The Hall–Kier alpha value is -2.06. The summed E-state index contributed by atoms with van der Waals surface area (Å²) in [4.78, 5) is 17.8. The topological polar surface area (TPSA) is 56.3 Å². The van der Waals surface area contributed by atoms with Crippen LogP contribution in [0.4, 0.5) is 14.9 Å². The largest absolute Gasteiger partial charge is 0.481 e. The van der Waals surface area contributed by atoms with Crippen LogP contribution in [0.15, 0.2) is 30.3 Å². The standard InChI is InChI=1S/C23H24Cl2FN3O3/c1-27-6-7-29(23(27)31)14-2-3-19(26)21(10-14)32-22-17-8-13(24)9-18(25)16(17)11-20(22)28-5-4-15(30)12-28/h2-3,8-10,15,20,22,30H,4-7,11-12H2,1H3/t15-,20+,22+/m1/s1. The highest BCUT2D eigenvalue weighted by molar-refractivity contribution is 6.35. The molecule has 0 aromatic heterocycles. The van der Waals surface area contributed by atoms with Gasteiger partial charge >= 0.3 is 6.03 Å². The van der Waals surface area contributed by atoms with Crippen LogP contribution in [-0.4, -0.2) is 66.3 Å². The molecule has 2 aromatic rings. The minimum atomic E-state index is -0.506. The van der Waals surface area contributed by atoms with Crippen molar-refractivity contribution in [1.82, 2.24) is 9.80 Å². The predicted molar refractivity (Wildman–Crippen MR) is 121 cm³/mol. The number of hydrogen-bond acceptors (Lipinski definition) is 4. The van der Waals surface area contributed by atoms with E-state index in [1.165, 1.54) is 6.07 Å². The van der Waals surface area contributed by atoms with Crippen molar-refractivity contribution in [2.24, 2.45) is 0 Å². The first-order valence-corrected chi connectivity index (χ1v) is 11.5. The van der Waals surface area contributed by atoms with Crippen molar-refractivity contribution in [3.05, 3.63) is 57.3 Å². The molecule has 2 saturated heterocycles. The second kappa shape index (κ2) is 8.37. The van der Waals surface area contributed by atoms with Crippen molar-refractivity contribution in [1.29, 1.82) is 0 Å². The van der Waals surface area contributed by atoms with E-state index in [0.29, 0.717) is 48.2 Å². The van der Waals surface area contributed by atoms with Crippen molar-refractivity contribution in [3.63, 3.8) is 0 Å². The number of carbonyl (C=O) groups excluding carboxylic acids is 1. The maximum atomic E-state index is 14.8. The lowest BCUT2D eigenvalue weighted by molar-refractivity contribution is 0.0791. The first-order chi connectivity index (χ1) is 15.3. The van der Waals surface area contributed by atoms with Crippen molar-refractivity contribution >= 4 is 34.9 Å². The first kappa shape index (κ1) is 21.8. The van der Waals surface area contributed by atoms with Crippen molar-refractivity contribution < 1.29 is 19.0 Å². The third-order valence-corrected chi connectivity index (χ3v) is 7.18. The van der Waals surface area contributed by atoms with E-state index in [1.807, 2.05) is 6.07 Å². The fraction of sp³-hybridized carbons (Fsp3) is 0.435. The van der Waals surface area contributed by atoms with Gasteiger partial charge in [0.15, 0.2) is 11.6 Å². The number of likely N-dealkylation sites (tertiary alicyclic amines) is 1. The lowest BCUT2D eigenvalue weighted by Gasteiger charge is -2.30. The number of urea groups is 1. The summed E-state index contributed by atoms with van der Waals surface area (Å²) in [7, 11) is 1.74. The molecule has 3 aliphatic rings. The van der Waals surface area contributed by atoms with Crippen LogP contribution >= 0.6 is 23.2 Å². The fourth-order valence-corrected chi connectivity index (χ4v) is 5.51. The smallest absolute Gasteiger partial charge is 0.324 e. The Kier molecular flexibility index (Phi) is 5.70. The molecular weight excluding hydrogens is 456 g/mol. The molecule has 1 aliphatic carbocycles. The number of amides is 2. The van der Waals surface area contributed by atoms with Crippen LogP contribution < -0.4 is 9.64 Å². The Labute approximate surface area is 196 Å². The Balaban J connectivity index is 1.50. The summed E-state index contributed by atoms with van der Waals surface area (Å²) in [5.41, 5.74) is 2.35. The van der Waals surface area contributed by atoms with Gasteiger partial charge in [-0.05, 0) is 42.7 Å². The van der Waals surface area contributed by atoms with Gasteiger partial charge in [0, 0.05) is 60.6 Å². The Bertz CT molecular complexity index is 1070. The van der Waals surface area contributed by atoms with E-state index in [0.717, 1.165) is 17.7 Å². The van der Waals surface area contributed by atoms with E-state index in [2.05, 4.69) is 4.90 Å². The molecule has 3 atom stereocenters. The molecule has 0 radical (unpaired) electrons. The number of hydrogen-bond donors (Lipinski definition) is 1. The molecule has 6 nitrogen and oxygen atoms in total. The van der Waals surface area contributed by atoms with Crippen LogP contribution in [0.5, 0.6) is 5.75 Å². The second-order valence-electron chi connectivity index (χ2n) is 8.67. The van der Waals surface area contributed by atoms with Crippen LogP contribution in [0, 0.1) is 5.82 Å². The van der Waals surface area contributed by atoms with E-state index in [4.69, 9.17) is 27.9 Å². The van der Waals surface area contributed by atoms with Gasteiger partial charge in [0.25, 0.3) is 0 Å². The number of rotatable bonds is 4. The molecule has 0 spiro atoms. The zero-order chi connectivity index (χ0) is 22.6. The number of benzene rings is 2. The van der Waals surface area contributed by atoms with E-state index in [-0.39, 0.29) is 17.8 Å². The zero-order valence-corrected chi connectivity index (χ0v) is 19.1. The Morgan fingerprint density at radius 1 is 1.16 bits per heavy atom. The van der Waals surface area contributed by atoms with Gasteiger partial charge in [0.2, 0.25) is 0 Å². The summed E-state index contributed by atoms with van der Waals surface area (Å²) in [6.45, 7) is 2.40. The number of halogens is 3. The number of β-amino-alcohol motifs (C(OH)–C–C–N with tert-alkyl or cyclic N) is 1. The molecule has 9 heteroatoms. The average Bonchev–Trinajstić information content (AvgIpc) is 3.42. The highest BCUT2D eigenvalue weighted by Gasteiger charge is 2.42. The molecule has 170 valence electrons. The number of aliphatic hydroxyl groups is 1. The summed E-state index contributed by atoms with van der Waals surface area (Å²) in [6, 6.07) is 7.77. The van der Waals surface area contributed by atoms with Gasteiger partial charge in [-0.3, -0.25) is 9.80 Å². The van der Waals surface area contributed by atoms with Crippen molar-refractivity contribution in [3.8, 4) is 5.75 Å². The molecule has 1 N–H and O–H groups in total. The van der Waals surface area contributed by atoms with E-state index in [1.54, 1.807) is 35.0 Å². The number of aliphatic hydroxyl groups excluding tert-OH is 1. The predicted octanol–water partition coefficient (Wildman–Crippen LogP) is 4.12. The van der Waals surface area contributed by atoms with Gasteiger partial charge in [-0.25, -0.2) is 9.18 Å². The van der Waals surface area contributed by atoms with Crippen LogP contribution in [0.25, 0.3) is 0 Å². The molecule has 0 bridgehead atoms. The maximum Gasteiger partial charge on any atom is 0.324 e. The quantitative estimate of drug-likeness (QED) is 0.716. The maximum absolute atomic E-state index is 14.8. The van der Waals surface area contributed by atoms with Gasteiger partial charge in [0.1, 0.15) is 6.10 Å². The first-order valence-electron chi connectivity index (χ1n) is 10.7. The average molecular weight is 480 g/mol. The molecule has 2 fully saturated rings. The minimum Gasteiger partial charge on any atom is -0.481 e. The summed E-state index contributed by atoms with van der Waals surface area (Å²) in [5, 5.41) is 11.1. The van der Waals surface area contributed by atoms with Gasteiger partial charge in [-0.2, -0.15) is 0 Å². The van der Waals surface area contributed by atoms with Gasteiger partial charge < -0.3 is 14.7 Å². The van der Waals surface area contributed by atoms with Crippen LogP contribution in [-0.2, 0) is 6.42 Å². The van der Waals surface area contributed by atoms with Crippen LogP contribution in [0.2, 0.25) is 10.0 Å². The highest BCUT2D eigenvalue weighted by Crippen LogP contribution is 2.44. The van der Waals surface area contributed by atoms with Crippen molar-refractivity contribution in [2.75, 3.05) is 38.1 Å². The summed E-state index contributed by atoms with van der Waals surface area (Å²) >= 11 is 12.8. The van der Waals surface area contributed by atoms with Crippen LogP contribution in [0.1, 0.15) is 23.7 Å². The SMILES string of the molecule is CN1CCN(c2ccc(F)c(O[C@H]3c4cc(Cl)cc(Cl)c4C[C@@H]3N3CC[C@@H](O)C3)c2)C1=O. The normalized spacial score (nSPS) is 25.7. The molecule has 2 heterocycles. The summed E-state index contributed by atoms with van der Waals surface area (Å²) in [6.07, 6.45) is 0.409. The third-order valence-electron chi connectivity index (χ3n) is 6.62. The lowest BCUT2D eigenvalue weighted by Crippen LogP contribution is -2.39. The van der Waals surface area contributed by atoms with Crippen LogP contribution in [0.3, 0.4) is 0 Å². The van der Waals surface area contributed by atoms with Gasteiger partial charge in [-0.15, -0.1) is 0 Å². The fourth-order valence-electron chi connectivity index (χ4n) is 4.92. The Morgan fingerprint density at radius 2 is 1.97 bits per heavy atom. The van der Waals surface area contributed by atoms with Gasteiger partial charge in [-0.1, -0.05) is 23.2 Å². The molecule has 0 saturated carbocycles. The van der Waals surface area contributed by atoms with Crippen molar-refractivity contribution in [2.45, 2.75) is 31.1 Å². The van der Waals surface area contributed by atoms with E-state index >= 15 is 0 Å². The highest BCUT2D eigenvalue weighted by atomic mass is 35.5. The molecule has 5 rings (SSSR count). The molecule has 2 aliphatic heterocycles. The number of carbonyl (C=O) groups is 1. The number of ether oxygens (including phenoxy) is 1. The molecule has 2 amide bonds. The monoisotopic (exact) mass is 479 g/mol. The van der Waals surface area contributed by atoms with E-state index in [9.17, 15) is 14.3 Å². The third kappa shape index (κ3) is 3.81. The number of nitrogens with zero attached hydrogens (tertiary/aromatic N) is 3.